The van der Waals surface area contributed by atoms with Crippen molar-refractivity contribution >= 4 is 23.4 Å². The molecular weight excluding hydrogens is 356 g/mol. The molecule has 0 aliphatic carbocycles. The largest absolute Gasteiger partial charge is 0.506 e. The Morgan fingerprint density at radius 3 is 2.85 bits per heavy atom. The number of nitrogens with one attached hydrogen (secondary N) is 1. The van der Waals surface area contributed by atoms with E-state index in [0.29, 0.717) is 38.0 Å². The van der Waals surface area contributed by atoms with E-state index in [0.717, 1.165) is 5.69 Å². The molecule has 0 bridgehead atoms. The molecule has 1 unspecified atom stereocenters. The molecule has 1 aliphatic rings. The van der Waals surface area contributed by atoms with Crippen molar-refractivity contribution in [1.29, 1.82) is 0 Å². The Bertz CT molecular complexity index is 794. The number of piperazine rings is 1. The SMILES string of the molecule is CC1CN(C(=O)c2ccc(Cl)c(O)c2)CCN1C(=O)CCc1cnc[nH]1. The quantitative estimate of drug-likeness (QED) is 0.854. The first kappa shape index (κ1) is 18.3. The fourth-order valence-corrected chi connectivity index (χ4v) is 3.27. The van der Waals surface area contributed by atoms with Crippen LogP contribution in [0.2, 0.25) is 5.02 Å². The van der Waals surface area contributed by atoms with Gasteiger partial charge in [-0.3, -0.25) is 9.59 Å². The number of aromatic hydroxyl groups is 1. The van der Waals surface area contributed by atoms with Crippen LogP contribution < -0.4 is 0 Å². The number of phenolic OH excluding ortho intramolecular Hbond substituents is 1. The lowest BCUT2D eigenvalue weighted by Crippen LogP contribution is -2.55. The van der Waals surface area contributed by atoms with Crippen molar-refractivity contribution in [1.82, 2.24) is 19.8 Å². The Balaban J connectivity index is 1.57. The summed E-state index contributed by atoms with van der Waals surface area (Å²) in [5.41, 5.74) is 1.32. The number of amides is 2. The number of hydrogen-bond donors (Lipinski definition) is 2. The van der Waals surface area contributed by atoms with E-state index in [2.05, 4.69) is 9.97 Å². The topological polar surface area (TPSA) is 89.5 Å². The summed E-state index contributed by atoms with van der Waals surface area (Å²) in [5.74, 6) is -0.213. The lowest BCUT2D eigenvalue weighted by atomic mass is 10.1. The number of imidazole rings is 1. The second-order valence-corrected chi connectivity index (χ2v) is 6.84. The number of rotatable bonds is 4. The fraction of sp³-hybridized carbons (Fsp3) is 0.389. The molecule has 0 saturated carbocycles. The average molecular weight is 377 g/mol. The van der Waals surface area contributed by atoms with E-state index >= 15 is 0 Å². The Morgan fingerprint density at radius 2 is 2.19 bits per heavy atom. The normalized spacial score (nSPS) is 17.4. The Kier molecular flexibility index (Phi) is 5.46. The van der Waals surface area contributed by atoms with E-state index < -0.39 is 0 Å². The number of phenols is 1. The van der Waals surface area contributed by atoms with Crippen LogP contribution in [0.25, 0.3) is 0 Å². The number of carbonyl (C=O) groups excluding carboxylic acids is 2. The molecule has 0 spiro atoms. The highest BCUT2D eigenvalue weighted by Gasteiger charge is 2.30. The number of aromatic amines is 1. The first-order chi connectivity index (χ1) is 12.5. The maximum Gasteiger partial charge on any atom is 0.254 e. The van der Waals surface area contributed by atoms with Crippen molar-refractivity contribution in [2.24, 2.45) is 0 Å². The van der Waals surface area contributed by atoms with Gasteiger partial charge in [0.25, 0.3) is 5.91 Å². The van der Waals surface area contributed by atoms with Gasteiger partial charge in [-0.05, 0) is 31.5 Å². The van der Waals surface area contributed by atoms with Gasteiger partial charge in [0.1, 0.15) is 5.75 Å². The molecule has 2 amide bonds. The van der Waals surface area contributed by atoms with Crippen LogP contribution in [-0.4, -0.2) is 62.4 Å². The molecule has 1 aliphatic heterocycles. The highest BCUT2D eigenvalue weighted by Crippen LogP contribution is 2.25. The summed E-state index contributed by atoms with van der Waals surface area (Å²) >= 11 is 5.79. The van der Waals surface area contributed by atoms with Crippen LogP contribution in [0.15, 0.2) is 30.7 Å². The maximum absolute atomic E-state index is 12.6. The minimum Gasteiger partial charge on any atom is -0.506 e. The zero-order chi connectivity index (χ0) is 18.7. The number of halogens is 1. The number of aromatic nitrogens is 2. The van der Waals surface area contributed by atoms with Crippen LogP contribution >= 0.6 is 11.6 Å². The van der Waals surface area contributed by atoms with Crippen LogP contribution in [0.1, 0.15) is 29.4 Å². The molecule has 1 aromatic heterocycles. The summed E-state index contributed by atoms with van der Waals surface area (Å²) in [6.45, 7) is 3.35. The maximum atomic E-state index is 12.6. The van der Waals surface area contributed by atoms with E-state index in [1.807, 2.05) is 11.8 Å². The molecule has 1 aromatic carbocycles. The van der Waals surface area contributed by atoms with Gasteiger partial charge in [0.15, 0.2) is 0 Å². The van der Waals surface area contributed by atoms with E-state index in [9.17, 15) is 14.7 Å². The molecule has 1 saturated heterocycles. The molecule has 138 valence electrons. The first-order valence-electron chi connectivity index (χ1n) is 8.50. The zero-order valence-electron chi connectivity index (χ0n) is 14.5. The van der Waals surface area contributed by atoms with Crippen LogP contribution in [0.4, 0.5) is 0 Å². The van der Waals surface area contributed by atoms with Crippen molar-refractivity contribution in [2.75, 3.05) is 19.6 Å². The van der Waals surface area contributed by atoms with Gasteiger partial charge in [-0.25, -0.2) is 4.98 Å². The van der Waals surface area contributed by atoms with Crippen molar-refractivity contribution < 1.29 is 14.7 Å². The Morgan fingerprint density at radius 1 is 1.38 bits per heavy atom. The third kappa shape index (κ3) is 3.99. The first-order valence-corrected chi connectivity index (χ1v) is 8.88. The Labute approximate surface area is 156 Å². The van der Waals surface area contributed by atoms with Crippen LogP contribution in [-0.2, 0) is 11.2 Å². The van der Waals surface area contributed by atoms with Gasteiger partial charge in [-0.1, -0.05) is 11.6 Å². The molecule has 0 radical (unpaired) electrons. The van der Waals surface area contributed by atoms with Crippen molar-refractivity contribution in [3.8, 4) is 5.75 Å². The molecule has 2 aromatic rings. The van der Waals surface area contributed by atoms with Gasteiger partial charge < -0.3 is 19.9 Å². The number of hydrogen-bond acceptors (Lipinski definition) is 4. The fourth-order valence-electron chi connectivity index (χ4n) is 3.15. The highest BCUT2D eigenvalue weighted by atomic mass is 35.5. The summed E-state index contributed by atoms with van der Waals surface area (Å²) in [7, 11) is 0. The standard InChI is InChI=1S/C18H21ClN4O3/c1-12-10-22(18(26)13-2-4-15(19)16(24)8-13)6-7-23(12)17(25)5-3-14-9-20-11-21-14/h2,4,8-9,11-12,24H,3,5-7,10H2,1H3,(H,20,21). The number of nitrogens with zero attached hydrogens (tertiary/aromatic N) is 3. The molecule has 7 nitrogen and oxygen atoms in total. The molecule has 2 N–H and O–H groups in total. The van der Waals surface area contributed by atoms with E-state index in [4.69, 9.17) is 11.6 Å². The van der Waals surface area contributed by atoms with Crippen molar-refractivity contribution in [3.63, 3.8) is 0 Å². The second kappa shape index (κ2) is 7.78. The van der Waals surface area contributed by atoms with Gasteiger partial charge in [0, 0.05) is 49.6 Å². The van der Waals surface area contributed by atoms with Crippen LogP contribution in [0, 0.1) is 0 Å². The van der Waals surface area contributed by atoms with Gasteiger partial charge in [-0.2, -0.15) is 0 Å². The van der Waals surface area contributed by atoms with Gasteiger partial charge in [-0.15, -0.1) is 0 Å². The summed E-state index contributed by atoms with van der Waals surface area (Å²) in [4.78, 5) is 35.6. The average Bonchev–Trinajstić information content (AvgIpc) is 3.15. The van der Waals surface area contributed by atoms with Crippen molar-refractivity contribution in [2.45, 2.75) is 25.8 Å². The van der Waals surface area contributed by atoms with E-state index in [-0.39, 0.29) is 28.6 Å². The summed E-state index contributed by atoms with van der Waals surface area (Å²) in [5, 5.41) is 9.90. The Hall–Kier alpha value is -2.54. The summed E-state index contributed by atoms with van der Waals surface area (Å²) < 4.78 is 0. The van der Waals surface area contributed by atoms with E-state index in [1.54, 1.807) is 23.5 Å². The molecule has 2 heterocycles. The molecule has 1 atom stereocenters. The van der Waals surface area contributed by atoms with Crippen LogP contribution in [0.3, 0.4) is 0 Å². The summed E-state index contributed by atoms with van der Waals surface area (Å²) in [6.07, 6.45) is 4.34. The highest BCUT2D eigenvalue weighted by molar-refractivity contribution is 6.32. The van der Waals surface area contributed by atoms with Crippen LogP contribution in [0.5, 0.6) is 5.75 Å². The van der Waals surface area contributed by atoms with Gasteiger partial charge in [0.2, 0.25) is 5.91 Å². The van der Waals surface area contributed by atoms with Gasteiger partial charge in [0.05, 0.1) is 11.3 Å². The monoisotopic (exact) mass is 376 g/mol. The molecule has 1 fully saturated rings. The second-order valence-electron chi connectivity index (χ2n) is 6.43. The minimum atomic E-state index is -0.173. The van der Waals surface area contributed by atoms with Gasteiger partial charge >= 0.3 is 0 Å². The molecular formula is C18H21ClN4O3. The van der Waals surface area contributed by atoms with E-state index in [1.165, 1.54) is 12.1 Å². The molecule has 8 heteroatoms. The number of H-pyrrole nitrogens is 1. The minimum absolute atomic E-state index is 0.0668. The number of carbonyl (C=O) groups is 2. The summed E-state index contributed by atoms with van der Waals surface area (Å²) in [6, 6.07) is 4.40. The smallest absolute Gasteiger partial charge is 0.254 e. The number of aryl methyl sites for hydroxylation is 1. The lowest BCUT2D eigenvalue weighted by Gasteiger charge is -2.40. The third-order valence-electron chi connectivity index (χ3n) is 4.59. The predicted molar refractivity (Wildman–Crippen MR) is 97.1 cm³/mol. The third-order valence-corrected chi connectivity index (χ3v) is 4.91. The number of benzene rings is 1. The molecule has 3 rings (SSSR count). The van der Waals surface area contributed by atoms with Crippen molar-refractivity contribution in [3.05, 3.63) is 47.0 Å². The predicted octanol–water partition coefficient (Wildman–Crippen LogP) is 2.07. The lowest BCUT2D eigenvalue weighted by molar-refractivity contribution is -0.135. The molecule has 26 heavy (non-hydrogen) atoms. The zero-order valence-corrected chi connectivity index (χ0v) is 15.2.